The molecule has 0 N–H and O–H groups in total. The Bertz CT molecular complexity index is 1100. The first-order chi connectivity index (χ1) is 13.5. The zero-order valence-electron chi connectivity index (χ0n) is 16.4. The Balaban J connectivity index is 1.65. The molecule has 4 nitrogen and oxygen atoms in total. The number of fused-ring (bicyclic) bond motifs is 2. The van der Waals surface area contributed by atoms with Crippen molar-refractivity contribution < 1.29 is 14.3 Å². The van der Waals surface area contributed by atoms with E-state index < -0.39 is 12.1 Å². The molecule has 0 radical (unpaired) electrons. The number of benzene rings is 2. The fourth-order valence-electron chi connectivity index (χ4n) is 3.85. The van der Waals surface area contributed by atoms with Gasteiger partial charge in [0, 0.05) is 16.6 Å². The minimum atomic E-state index is -0.849. The van der Waals surface area contributed by atoms with Crippen molar-refractivity contribution >= 4 is 22.7 Å². The van der Waals surface area contributed by atoms with E-state index in [-0.39, 0.29) is 5.78 Å². The van der Waals surface area contributed by atoms with E-state index >= 15 is 0 Å². The molecule has 1 aliphatic carbocycles. The van der Waals surface area contributed by atoms with E-state index in [1.54, 1.807) is 13.0 Å². The zero-order valence-corrected chi connectivity index (χ0v) is 16.4. The van der Waals surface area contributed by atoms with Crippen LogP contribution in [0.25, 0.3) is 10.9 Å². The van der Waals surface area contributed by atoms with Gasteiger partial charge in [-0.25, -0.2) is 4.79 Å². The molecule has 4 heteroatoms. The number of carbonyl (C=O) groups excluding carboxylic acids is 2. The van der Waals surface area contributed by atoms with Gasteiger partial charge in [-0.1, -0.05) is 30.3 Å². The van der Waals surface area contributed by atoms with Gasteiger partial charge in [-0.2, -0.15) is 0 Å². The van der Waals surface area contributed by atoms with Gasteiger partial charge in [-0.15, -0.1) is 0 Å². The maximum Gasteiger partial charge on any atom is 0.339 e. The quantitative estimate of drug-likeness (QED) is 0.488. The van der Waals surface area contributed by atoms with Crippen LogP contribution in [0.15, 0.2) is 42.5 Å². The normalized spacial score (nSPS) is 14.0. The molecule has 0 unspecified atom stereocenters. The molecule has 28 heavy (non-hydrogen) atoms. The third kappa shape index (κ3) is 3.19. The van der Waals surface area contributed by atoms with Crippen LogP contribution in [0.1, 0.15) is 56.4 Å². The van der Waals surface area contributed by atoms with Crippen LogP contribution in [0.4, 0.5) is 0 Å². The smallest absolute Gasteiger partial charge is 0.339 e. The van der Waals surface area contributed by atoms with Crippen LogP contribution in [0.3, 0.4) is 0 Å². The van der Waals surface area contributed by atoms with Gasteiger partial charge in [0.25, 0.3) is 0 Å². The highest BCUT2D eigenvalue weighted by Gasteiger charge is 2.27. The van der Waals surface area contributed by atoms with Crippen molar-refractivity contribution in [3.8, 4) is 0 Å². The standard InChI is InChI=1S/C24H23NO3/c1-14-11-12-17(13-15(14)2)23(26)16(3)28-24(27)22-18-7-4-5-9-20(18)25-21-10-6-8-19(21)22/h4-5,7,9,11-13,16H,6,8,10H2,1-3H3/t16-/m1/s1. The Kier molecular flexibility index (Phi) is 4.71. The molecule has 0 fully saturated rings. The number of hydrogen-bond donors (Lipinski definition) is 0. The molecular formula is C24H23NO3. The highest BCUT2D eigenvalue weighted by Crippen LogP contribution is 2.30. The fraction of sp³-hybridized carbons (Fsp3) is 0.292. The average Bonchev–Trinajstić information content (AvgIpc) is 3.15. The van der Waals surface area contributed by atoms with Gasteiger partial charge in [0.1, 0.15) is 0 Å². The molecule has 4 rings (SSSR count). The summed E-state index contributed by atoms with van der Waals surface area (Å²) in [5.41, 5.74) is 6.03. The van der Waals surface area contributed by atoms with Gasteiger partial charge >= 0.3 is 5.97 Å². The highest BCUT2D eigenvalue weighted by atomic mass is 16.5. The number of aryl methyl sites for hydroxylation is 3. The Hall–Kier alpha value is -3.01. The molecule has 1 heterocycles. The first kappa shape index (κ1) is 18.4. The first-order valence-electron chi connectivity index (χ1n) is 9.68. The number of aromatic nitrogens is 1. The summed E-state index contributed by atoms with van der Waals surface area (Å²) in [5.74, 6) is -0.632. The van der Waals surface area contributed by atoms with Gasteiger partial charge < -0.3 is 4.74 Å². The summed E-state index contributed by atoms with van der Waals surface area (Å²) < 4.78 is 5.64. The van der Waals surface area contributed by atoms with E-state index in [9.17, 15) is 9.59 Å². The molecule has 0 saturated carbocycles. The van der Waals surface area contributed by atoms with Gasteiger partial charge in [0.05, 0.1) is 11.1 Å². The fourth-order valence-corrected chi connectivity index (χ4v) is 3.85. The van der Waals surface area contributed by atoms with Crippen LogP contribution < -0.4 is 0 Å². The van der Waals surface area contributed by atoms with E-state index in [2.05, 4.69) is 0 Å². The third-order valence-electron chi connectivity index (χ3n) is 5.57. The molecule has 1 aromatic heterocycles. The Morgan fingerprint density at radius 1 is 1.04 bits per heavy atom. The van der Waals surface area contributed by atoms with Crippen molar-refractivity contribution in [3.05, 3.63) is 76.0 Å². The average molecular weight is 373 g/mol. The topological polar surface area (TPSA) is 56.3 Å². The SMILES string of the molecule is Cc1ccc(C(=O)[C@@H](C)OC(=O)c2c3c(nc4ccccc24)CCC3)cc1C. The van der Waals surface area contributed by atoms with Crippen molar-refractivity contribution in [2.45, 2.75) is 46.1 Å². The second-order valence-electron chi connectivity index (χ2n) is 7.49. The van der Waals surface area contributed by atoms with E-state index in [4.69, 9.17) is 9.72 Å². The van der Waals surface area contributed by atoms with Crippen LogP contribution in [-0.4, -0.2) is 22.8 Å². The molecule has 0 aliphatic heterocycles. The number of Topliss-reactive ketones (excluding diaryl/α,β-unsaturated/α-hetero) is 1. The molecule has 3 aromatic rings. The molecule has 142 valence electrons. The first-order valence-corrected chi connectivity index (χ1v) is 9.68. The molecule has 0 spiro atoms. The van der Waals surface area contributed by atoms with Gasteiger partial charge in [-0.3, -0.25) is 9.78 Å². The van der Waals surface area contributed by atoms with Crippen molar-refractivity contribution in [3.63, 3.8) is 0 Å². The van der Waals surface area contributed by atoms with E-state index in [0.29, 0.717) is 11.1 Å². The number of rotatable bonds is 4. The molecule has 1 atom stereocenters. The van der Waals surface area contributed by atoms with Crippen LogP contribution in [0.2, 0.25) is 0 Å². The zero-order chi connectivity index (χ0) is 19.8. The number of pyridine rings is 1. The van der Waals surface area contributed by atoms with E-state index in [1.807, 2.05) is 50.2 Å². The molecule has 2 aromatic carbocycles. The second kappa shape index (κ2) is 7.19. The number of para-hydroxylation sites is 1. The van der Waals surface area contributed by atoms with Crippen LogP contribution >= 0.6 is 0 Å². The lowest BCUT2D eigenvalue weighted by atomic mass is 10.0. The largest absolute Gasteiger partial charge is 0.451 e. The van der Waals surface area contributed by atoms with Gasteiger partial charge in [0.15, 0.2) is 6.10 Å². The molecule has 0 saturated heterocycles. The van der Waals surface area contributed by atoms with Crippen molar-refractivity contribution in [1.29, 1.82) is 0 Å². The summed E-state index contributed by atoms with van der Waals surface area (Å²) in [6, 6.07) is 13.2. The van der Waals surface area contributed by atoms with Crippen molar-refractivity contribution in [2.24, 2.45) is 0 Å². The molecular weight excluding hydrogens is 350 g/mol. The minimum Gasteiger partial charge on any atom is -0.451 e. The van der Waals surface area contributed by atoms with Crippen LogP contribution in [0.5, 0.6) is 0 Å². The predicted octanol–water partition coefficient (Wildman–Crippen LogP) is 4.77. The highest BCUT2D eigenvalue weighted by molar-refractivity contribution is 6.07. The van der Waals surface area contributed by atoms with Crippen molar-refractivity contribution in [2.75, 3.05) is 0 Å². The minimum absolute atomic E-state index is 0.188. The molecule has 0 bridgehead atoms. The number of carbonyl (C=O) groups is 2. The Labute approximate surface area is 164 Å². The number of ketones is 1. The second-order valence-corrected chi connectivity index (χ2v) is 7.49. The van der Waals surface area contributed by atoms with Crippen LogP contribution in [-0.2, 0) is 17.6 Å². The number of hydrogen-bond acceptors (Lipinski definition) is 4. The summed E-state index contributed by atoms with van der Waals surface area (Å²) in [4.78, 5) is 30.6. The van der Waals surface area contributed by atoms with E-state index in [1.165, 1.54) is 0 Å². The summed E-state index contributed by atoms with van der Waals surface area (Å²) in [6.45, 7) is 5.61. The predicted molar refractivity (Wildman–Crippen MR) is 109 cm³/mol. The van der Waals surface area contributed by atoms with Crippen molar-refractivity contribution in [1.82, 2.24) is 4.98 Å². The Morgan fingerprint density at radius 3 is 2.61 bits per heavy atom. The summed E-state index contributed by atoms with van der Waals surface area (Å²) >= 11 is 0. The Morgan fingerprint density at radius 2 is 1.82 bits per heavy atom. The molecule has 0 amide bonds. The monoisotopic (exact) mass is 373 g/mol. The van der Waals surface area contributed by atoms with Crippen LogP contribution in [0, 0.1) is 13.8 Å². The number of esters is 1. The summed E-state index contributed by atoms with van der Waals surface area (Å²) in [6.07, 6.45) is 1.82. The molecule has 1 aliphatic rings. The third-order valence-corrected chi connectivity index (χ3v) is 5.57. The maximum atomic E-state index is 13.1. The number of ether oxygens (including phenoxy) is 1. The van der Waals surface area contributed by atoms with Gasteiger partial charge in [-0.05, 0) is 68.9 Å². The summed E-state index contributed by atoms with van der Waals surface area (Å²) in [5, 5.41) is 0.791. The summed E-state index contributed by atoms with van der Waals surface area (Å²) in [7, 11) is 0. The number of nitrogens with zero attached hydrogens (tertiary/aromatic N) is 1. The maximum absolute atomic E-state index is 13.1. The lowest BCUT2D eigenvalue weighted by Gasteiger charge is -2.16. The lowest BCUT2D eigenvalue weighted by Crippen LogP contribution is -2.25. The van der Waals surface area contributed by atoms with E-state index in [0.717, 1.165) is 52.5 Å². The lowest BCUT2D eigenvalue weighted by molar-refractivity contribution is 0.0319. The van der Waals surface area contributed by atoms with Gasteiger partial charge in [0.2, 0.25) is 5.78 Å².